The zero-order chi connectivity index (χ0) is 24.4. The molecule has 0 aromatic heterocycles. The fourth-order valence-electron chi connectivity index (χ4n) is 5.51. The van der Waals surface area contributed by atoms with Crippen LogP contribution in [0, 0.1) is 5.41 Å². The Balaban J connectivity index is 1.08. The van der Waals surface area contributed by atoms with Crippen molar-refractivity contribution in [3.63, 3.8) is 0 Å². The molecule has 3 fully saturated rings. The van der Waals surface area contributed by atoms with E-state index in [1.807, 2.05) is 54.3 Å². The summed E-state index contributed by atoms with van der Waals surface area (Å²) < 4.78 is 0. The second-order valence-electron chi connectivity index (χ2n) is 10.4. The molecule has 0 bridgehead atoms. The van der Waals surface area contributed by atoms with Gasteiger partial charge in [0, 0.05) is 31.9 Å². The summed E-state index contributed by atoms with van der Waals surface area (Å²) in [4.78, 5) is 31.7. The first kappa shape index (κ1) is 23.8. The lowest BCUT2D eigenvalue weighted by Gasteiger charge is -2.40. The largest absolute Gasteiger partial charge is 0.391 e. The van der Waals surface area contributed by atoms with Gasteiger partial charge in [0.15, 0.2) is 0 Å². The van der Waals surface area contributed by atoms with Crippen molar-refractivity contribution in [2.75, 3.05) is 44.6 Å². The molecule has 2 atom stereocenters. The monoisotopic (exact) mass is 476 g/mol. The first-order chi connectivity index (χ1) is 16.9. The van der Waals surface area contributed by atoms with E-state index < -0.39 is 6.04 Å². The van der Waals surface area contributed by atoms with Gasteiger partial charge in [0.2, 0.25) is 5.91 Å². The number of anilines is 1. The zero-order valence-electron chi connectivity index (χ0n) is 20.5. The fraction of sp³-hybridized carbons (Fsp3) is 0.500. The molecular weight excluding hydrogens is 440 g/mol. The number of aliphatic hydroxyl groups excluding tert-OH is 1. The van der Waals surface area contributed by atoms with E-state index in [2.05, 4.69) is 22.3 Å². The Morgan fingerprint density at radius 2 is 1.69 bits per heavy atom. The van der Waals surface area contributed by atoms with E-state index in [-0.39, 0.29) is 23.5 Å². The van der Waals surface area contributed by atoms with Crippen LogP contribution in [0.3, 0.4) is 0 Å². The number of amides is 3. The van der Waals surface area contributed by atoms with E-state index in [9.17, 15) is 14.7 Å². The molecule has 3 amide bonds. The molecule has 3 aliphatic rings. The van der Waals surface area contributed by atoms with Gasteiger partial charge in [-0.1, -0.05) is 42.5 Å². The molecule has 2 aromatic carbocycles. The number of aliphatic hydroxyl groups is 1. The smallest absolute Gasteiger partial charge is 0.322 e. The fourth-order valence-corrected chi connectivity index (χ4v) is 5.51. The third-order valence-electron chi connectivity index (χ3n) is 8.11. The van der Waals surface area contributed by atoms with Crippen molar-refractivity contribution >= 4 is 17.6 Å². The maximum atomic E-state index is 13.0. The van der Waals surface area contributed by atoms with Crippen molar-refractivity contribution < 1.29 is 14.7 Å². The second-order valence-corrected chi connectivity index (χ2v) is 10.4. The number of likely N-dealkylation sites (tertiary alicyclic amines) is 1. The Kier molecular flexibility index (Phi) is 6.80. The molecule has 1 saturated carbocycles. The van der Waals surface area contributed by atoms with Crippen molar-refractivity contribution in [2.24, 2.45) is 5.41 Å². The summed E-state index contributed by atoms with van der Waals surface area (Å²) in [5.74, 6) is 0.00133. The Labute approximate surface area is 207 Å². The van der Waals surface area contributed by atoms with Crippen LogP contribution in [0.1, 0.15) is 32.6 Å². The summed E-state index contributed by atoms with van der Waals surface area (Å²) in [5, 5.41) is 13.3. The average molecular weight is 477 g/mol. The third kappa shape index (κ3) is 5.21. The molecular formula is C28H36N4O3. The number of β-amino-alcohol motifs (C(OH)–C–C–N with tert-alkyl or cyclic N) is 1. The summed E-state index contributed by atoms with van der Waals surface area (Å²) in [6.45, 7) is 6.27. The van der Waals surface area contributed by atoms with Crippen molar-refractivity contribution in [3.8, 4) is 11.1 Å². The molecule has 35 heavy (non-hydrogen) atoms. The Morgan fingerprint density at radius 1 is 0.971 bits per heavy atom. The number of benzene rings is 2. The molecule has 2 N–H and O–H groups in total. The molecule has 7 heteroatoms. The highest BCUT2D eigenvalue weighted by Gasteiger charge is 2.51. The van der Waals surface area contributed by atoms with Gasteiger partial charge in [-0.15, -0.1) is 0 Å². The number of nitrogens with zero attached hydrogens (tertiary/aromatic N) is 3. The van der Waals surface area contributed by atoms with Crippen LogP contribution < -0.4 is 5.32 Å². The quantitative estimate of drug-likeness (QED) is 0.667. The summed E-state index contributed by atoms with van der Waals surface area (Å²) in [7, 11) is 0. The highest BCUT2D eigenvalue weighted by atomic mass is 16.3. The SMILES string of the molecule is CC1C(=O)N(CCCN2CCC3(CC3)C(O)C2)CCN1C(=O)Nc1ccc(-c2ccccc2)cc1. The van der Waals surface area contributed by atoms with Crippen molar-refractivity contribution in [1.29, 1.82) is 0 Å². The molecule has 0 radical (unpaired) electrons. The first-order valence-corrected chi connectivity index (χ1v) is 12.9. The topological polar surface area (TPSA) is 76.1 Å². The summed E-state index contributed by atoms with van der Waals surface area (Å²) in [5.41, 5.74) is 3.16. The van der Waals surface area contributed by atoms with Crippen LogP contribution in [-0.2, 0) is 4.79 Å². The minimum absolute atomic E-state index is 0.00133. The molecule has 2 saturated heterocycles. The minimum Gasteiger partial charge on any atom is -0.391 e. The maximum absolute atomic E-state index is 13.0. The number of hydrogen-bond acceptors (Lipinski definition) is 4. The molecule has 7 nitrogen and oxygen atoms in total. The van der Waals surface area contributed by atoms with Gasteiger partial charge in [-0.2, -0.15) is 0 Å². The Hall–Kier alpha value is -2.90. The number of piperazine rings is 1. The lowest BCUT2D eigenvalue weighted by Crippen LogP contribution is -2.58. The molecule has 2 unspecified atom stereocenters. The first-order valence-electron chi connectivity index (χ1n) is 12.9. The predicted octanol–water partition coefficient (Wildman–Crippen LogP) is 3.66. The molecule has 186 valence electrons. The third-order valence-corrected chi connectivity index (χ3v) is 8.11. The van der Waals surface area contributed by atoms with Gasteiger partial charge in [0.1, 0.15) is 6.04 Å². The standard InChI is InChI=1S/C28H36N4O3/c1-21-26(34)31(16-5-15-30-17-14-28(12-13-28)25(33)20-30)18-19-32(21)27(35)29-24-10-8-23(9-11-24)22-6-3-2-4-7-22/h2-4,6-11,21,25,33H,5,12-20H2,1H3,(H,29,35). The van der Waals surface area contributed by atoms with Crippen LogP contribution >= 0.6 is 0 Å². The summed E-state index contributed by atoms with van der Waals surface area (Å²) in [6, 6.07) is 17.1. The number of nitrogens with one attached hydrogen (secondary N) is 1. The van der Waals surface area contributed by atoms with Crippen LogP contribution in [0.4, 0.5) is 10.5 Å². The van der Waals surface area contributed by atoms with E-state index in [0.29, 0.717) is 25.3 Å². The predicted molar refractivity (Wildman–Crippen MR) is 137 cm³/mol. The minimum atomic E-state index is -0.487. The number of carbonyl (C=O) groups excluding carboxylic acids is 2. The summed E-state index contributed by atoms with van der Waals surface area (Å²) in [6.07, 6.45) is 4.12. The number of piperidine rings is 1. The van der Waals surface area contributed by atoms with Crippen LogP contribution in [0.25, 0.3) is 11.1 Å². The van der Waals surface area contributed by atoms with Crippen LogP contribution in [0.15, 0.2) is 54.6 Å². The lowest BCUT2D eigenvalue weighted by atomic mass is 9.90. The number of rotatable bonds is 6. The van der Waals surface area contributed by atoms with Crippen molar-refractivity contribution in [1.82, 2.24) is 14.7 Å². The van der Waals surface area contributed by atoms with Crippen molar-refractivity contribution in [2.45, 2.75) is 44.8 Å². The van der Waals surface area contributed by atoms with E-state index in [1.54, 1.807) is 4.90 Å². The van der Waals surface area contributed by atoms with Crippen LogP contribution in [-0.4, -0.2) is 83.2 Å². The molecule has 1 aliphatic carbocycles. The van der Waals surface area contributed by atoms with Gasteiger partial charge in [-0.25, -0.2) is 4.79 Å². The van der Waals surface area contributed by atoms with Gasteiger partial charge >= 0.3 is 6.03 Å². The highest BCUT2D eigenvalue weighted by molar-refractivity contribution is 5.94. The van der Waals surface area contributed by atoms with Gasteiger partial charge in [-0.05, 0) is 74.4 Å². The zero-order valence-corrected chi connectivity index (χ0v) is 20.5. The maximum Gasteiger partial charge on any atom is 0.322 e. The van der Waals surface area contributed by atoms with E-state index in [1.165, 1.54) is 12.8 Å². The van der Waals surface area contributed by atoms with E-state index in [0.717, 1.165) is 43.6 Å². The Morgan fingerprint density at radius 3 is 2.37 bits per heavy atom. The van der Waals surface area contributed by atoms with E-state index in [4.69, 9.17) is 0 Å². The normalized spacial score (nSPS) is 24.0. The number of carbonyl (C=O) groups is 2. The number of hydrogen-bond donors (Lipinski definition) is 2. The molecule has 2 aliphatic heterocycles. The van der Waals surface area contributed by atoms with Gasteiger partial charge in [0.05, 0.1) is 6.10 Å². The van der Waals surface area contributed by atoms with Crippen LogP contribution in [0.5, 0.6) is 0 Å². The molecule has 2 aromatic rings. The van der Waals surface area contributed by atoms with Gasteiger partial charge in [-0.3, -0.25) is 4.79 Å². The lowest BCUT2D eigenvalue weighted by molar-refractivity contribution is -0.139. The van der Waals surface area contributed by atoms with Crippen LogP contribution in [0.2, 0.25) is 0 Å². The molecule has 5 rings (SSSR count). The highest BCUT2D eigenvalue weighted by Crippen LogP contribution is 2.53. The molecule has 1 spiro atoms. The van der Waals surface area contributed by atoms with Gasteiger partial charge < -0.3 is 25.1 Å². The van der Waals surface area contributed by atoms with E-state index >= 15 is 0 Å². The summed E-state index contributed by atoms with van der Waals surface area (Å²) >= 11 is 0. The molecule has 2 heterocycles. The second kappa shape index (κ2) is 9.99. The Bertz CT molecular complexity index is 1040. The average Bonchev–Trinajstić information content (AvgIpc) is 3.66. The van der Waals surface area contributed by atoms with Gasteiger partial charge in [0.25, 0.3) is 0 Å². The van der Waals surface area contributed by atoms with Crippen molar-refractivity contribution in [3.05, 3.63) is 54.6 Å². The number of urea groups is 1.